The Morgan fingerprint density at radius 2 is 1.83 bits per heavy atom. The number of para-hydroxylation sites is 1. The molecule has 23 heavy (non-hydrogen) atoms. The van der Waals surface area contributed by atoms with Gasteiger partial charge in [-0.25, -0.2) is 4.99 Å². The third-order valence-electron chi connectivity index (χ3n) is 4.32. The maximum atomic E-state index is 6.12. The average molecular weight is 313 g/mol. The molecule has 0 aliphatic rings. The van der Waals surface area contributed by atoms with E-state index in [4.69, 9.17) is 5.73 Å². The van der Waals surface area contributed by atoms with E-state index >= 15 is 0 Å². The molecule has 0 aliphatic carbocycles. The van der Waals surface area contributed by atoms with Crippen molar-refractivity contribution in [3.05, 3.63) is 46.3 Å². The van der Waals surface area contributed by atoms with Crippen molar-refractivity contribution in [2.24, 2.45) is 17.8 Å². The lowest BCUT2D eigenvalue weighted by atomic mass is 10.0. The SMILES string of the molecule is CCc1cccc(CC)c1NC(N)=NCc1c(C)nn(C)c1C. The zero-order valence-electron chi connectivity index (χ0n) is 14.8. The minimum Gasteiger partial charge on any atom is -0.370 e. The van der Waals surface area contributed by atoms with Gasteiger partial charge in [-0.15, -0.1) is 0 Å². The summed E-state index contributed by atoms with van der Waals surface area (Å²) in [6.07, 6.45) is 1.93. The molecule has 0 spiro atoms. The molecule has 0 bridgehead atoms. The highest BCUT2D eigenvalue weighted by atomic mass is 15.3. The van der Waals surface area contributed by atoms with Crippen molar-refractivity contribution < 1.29 is 0 Å². The lowest BCUT2D eigenvalue weighted by molar-refractivity contribution is 0.730. The highest BCUT2D eigenvalue weighted by molar-refractivity contribution is 5.93. The van der Waals surface area contributed by atoms with Crippen LogP contribution in [0.5, 0.6) is 0 Å². The third-order valence-corrected chi connectivity index (χ3v) is 4.32. The Hall–Kier alpha value is -2.30. The van der Waals surface area contributed by atoms with E-state index in [1.54, 1.807) is 0 Å². The van der Waals surface area contributed by atoms with E-state index in [0.717, 1.165) is 35.5 Å². The van der Waals surface area contributed by atoms with Gasteiger partial charge < -0.3 is 11.1 Å². The molecule has 0 saturated heterocycles. The fraction of sp³-hybridized carbons (Fsp3) is 0.444. The van der Waals surface area contributed by atoms with E-state index in [0.29, 0.717) is 12.5 Å². The summed E-state index contributed by atoms with van der Waals surface area (Å²) in [5.74, 6) is 0.447. The fourth-order valence-corrected chi connectivity index (χ4v) is 2.78. The molecule has 0 unspecified atom stereocenters. The van der Waals surface area contributed by atoms with Gasteiger partial charge in [0.05, 0.1) is 12.2 Å². The number of guanidine groups is 1. The maximum absolute atomic E-state index is 6.12. The van der Waals surface area contributed by atoms with E-state index in [-0.39, 0.29) is 0 Å². The molecule has 0 fully saturated rings. The van der Waals surface area contributed by atoms with Crippen molar-refractivity contribution in [3.63, 3.8) is 0 Å². The maximum Gasteiger partial charge on any atom is 0.193 e. The molecule has 0 aliphatic heterocycles. The molecule has 3 N–H and O–H groups in total. The van der Waals surface area contributed by atoms with Gasteiger partial charge in [0.15, 0.2) is 5.96 Å². The molecule has 2 rings (SSSR count). The zero-order chi connectivity index (χ0) is 17.0. The van der Waals surface area contributed by atoms with Gasteiger partial charge in [0.2, 0.25) is 0 Å². The van der Waals surface area contributed by atoms with Crippen LogP contribution in [0.15, 0.2) is 23.2 Å². The van der Waals surface area contributed by atoms with Crippen LogP contribution in [-0.2, 0) is 26.4 Å². The van der Waals surface area contributed by atoms with E-state index in [1.165, 1.54) is 11.1 Å². The summed E-state index contributed by atoms with van der Waals surface area (Å²) in [5.41, 5.74) is 13.0. The molecule has 1 aromatic carbocycles. The topological polar surface area (TPSA) is 68.2 Å². The fourth-order valence-electron chi connectivity index (χ4n) is 2.78. The molecule has 124 valence electrons. The Morgan fingerprint density at radius 3 is 2.30 bits per heavy atom. The number of hydrogen-bond donors (Lipinski definition) is 2. The van der Waals surface area contributed by atoms with Crippen molar-refractivity contribution in [2.75, 3.05) is 5.32 Å². The molecule has 0 saturated carbocycles. The molecule has 2 aromatic rings. The number of hydrogen-bond acceptors (Lipinski definition) is 2. The number of aliphatic imine (C=N–C) groups is 1. The van der Waals surface area contributed by atoms with Crippen molar-refractivity contribution in [3.8, 4) is 0 Å². The predicted octanol–water partition coefficient (Wildman–Crippen LogP) is 3.09. The summed E-state index contributed by atoms with van der Waals surface area (Å²) in [6, 6.07) is 6.35. The molecular formula is C18H27N5. The second-order valence-corrected chi connectivity index (χ2v) is 5.76. The summed E-state index contributed by atoms with van der Waals surface area (Å²) in [4.78, 5) is 4.51. The highest BCUT2D eigenvalue weighted by Crippen LogP contribution is 2.22. The van der Waals surface area contributed by atoms with E-state index in [2.05, 4.69) is 54.4 Å². The van der Waals surface area contributed by atoms with Gasteiger partial charge in [-0.1, -0.05) is 32.0 Å². The predicted molar refractivity (Wildman–Crippen MR) is 96.8 cm³/mol. The molecule has 1 aromatic heterocycles. The van der Waals surface area contributed by atoms with Crippen molar-refractivity contribution in [2.45, 2.75) is 47.1 Å². The summed E-state index contributed by atoms with van der Waals surface area (Å²) in [6.45, 7) is 8.89. The number of aromatic nitrogens is 2. The van der Waals surface area contributed by atoms with Gasteiger partial charge in [-0.3, -0.25) is 4.68 Å². The minimum atomic E-state index is 0.447. The number of nitrogens with zero attached hydrogens (tertiary/aromatic N) is 3. The second-order valence-electron chi connectivity index (χ2n) is 5.76. The first-order chi connectivity index (χ1) is 11.0. The monoisotopic (exact) mass is 313 g/mol. The van der Waals surface area contributed by atoms with Gasteiger partial charge in [0.25, 0.3) is 0 Å². The van der Waals surface area contributed by atoms with Crippen LogP contribution in [0.4, 0.5) is 5.69 Å². The second kappa shape index (κ2) is 7.31. The number of nitrogens with one attached hydrogen (secondary N) is 1. The number of nitrogens with two attached hydrogens (primary N) is 1. The summed E-state index contributed by atoms with van der Waals surface area (Å²) in [5, 5.41) is 7.71. The van der Waals surface area contributed by atoms with Gasteiger partial charge in [0, 0.05) is 24.0 Å². The summed E-state index contributed by atoms with van der Waals surface area (Å²) >= 11 is 0. The zero-order valence-corrected chi connectivity index (χ0v) is 14.8. The van der Waals surface area contributed by atoms with Crippen LogP contribution in [-0.4, -0.2) is 15.7 Å². The highest BCUT2D eigenvalue weighted by Gasteiger charge is 2.10. The molecule has 5 nitrogen and oxygen atoms in total. The number of benzene rings is 1. The molecule has 0 amide bonds. The Bertz CT molecular complexity index is 690. The van der Waals surface area contributed by atoms with Gasteiger partial charge in [0.1, 0.15) is 0 Å². The smallest absolute Gasteiger partial charge is 0.193 e. The molecular weight excluding hydrogens is 286 g/mol. The number of anilines is 1. The van der Waals surface area contributed by atoms with Gasteiger partial charge in [-0.2, -0.15) is 5.10 Å². The van der Waals surface area contributed by atoms with E-state index in [9.17, 15) is 0 Å². The summed E-state index contributed by atoms with van der Waals surface area (Å²) in [7, 11) is 1.95. The Kier molecular flexibility index (Phi) is 5.42. The van der Waals surface area contributed by atoms with Crippen LogP contribution in [0.1, 0.15) is 41.9 Å². The van der Waals surface area contributed by atoms with E-state index in [1.807, 2.05) is 18.7 Å². The molecule has 5 heteroatoms. The lowest BCUT2D eigenvalue weighted by Gasteiger charge is -2.14. The average Bonchev–Trinajstić information content (AvgIpc) is 2.78. The molecule has 1 heterocycles. The van der Waals surface area contributed by atoms with E-state index < -0.39 is 0 Å². The Balaban J connectivity index is 2.20. The van der Waals surface area contributed by atoms with Crippen LogP contribution in [0.2, 0.25) is 0 Å². The van der Waals surface area contributed by atoms with Crippen LogP contribution in [0, 0.1) is 13.8 Å². The van der Waals surface area contributed by atoms with Crippen molar-refractivity contribution in [1.82, 2.24) is 9.78 Å². The quantitative estimate of drug-likeness (QED) is 0.658. The summed E-state index contributed by atoms with van der Waals surface area (Å²) < 4.78 is 1.88. The van der Waals surface area contributed by atoms with Crippen LogP contribution < -0.4 is 11.1 Å². The van der Waals surface area contributed by atoms with Gasteiger partial charge in [-0.05, 0) is 37.8 Å². The Morgan fingerprint density at radius 1 is 1.22 bits per heavy atom. The first kappa shape index (κ1) is 17.1. The normalized spacial score (nSPS) is 11.8. The number of aryl methyl sites for hydroxylation is 4. The molecule has 0 atom stereocenters. The standard InChI is InChI=1S/C18H27N5/c1-6-14-9-8-10-15(7-2)17(14)21-18(19)20-11-16-12(3)22-23(5)13(16)4/h8-10H,6-7,11H2,1-5H3,(H3,19,20,21). The van der Waals surface area contributed by atoms with Crippen LogP contribution >= 0.6 is 0 Å². The first-order valence-electron chi connectivity index (χ1n) is 8.14. The third kappa shape index (κ3) is 3.73. The van der Waals surface area contributed by atoms with Gasteiger partial charge >= 0.3 is 0 Å². The van der Waals surface area contributed by atoms with Crippen LogP contribution in [0.25, 0.3) is 0 Å². The van der Waals surface area contributed by atoms with Crippen LogP contribution in [0.3, 0.4) is 0 Å². The minimum absolute atomic E-state index is 0.447. The molecule has 0 radical (unpaired) electrons. The Labute approximate surface area is 138 Å². The lowest BCUT2D eigenvalue weighted by Crippen LogP contribution is -2.24. The van der Waals surface area contributed by atoms with Crippen molar-refractivity contribution >= 4 is 11.6 Å². The van der Waals surface area contributed by atoms with Crippen molar-refractivity contribution in [1.29, 1.82) is 0 Å². The first-order valence-corrected chi connectivity index (χ1v) is 8.14. The number of rotatable bonds is 5. The largest absolute Gasteiger partial charge is 0.370 e.